The van der Waals surface area contributed by atoms with Crippen LogP contribution in [0.4, 0.5) is 10.1 Å². The third-order valence-corrected chi connectivity index (χ3v) is 6.88. The lowest BCUT2D eigenvalue weighted by Crippen LogP contribution is -2.46. The molecule has 0 unspecified atom stereocenters. The van der Waals surface area contributed by atoms with Crippen LogP contribution in [-0.2, 0) is 21.2 Å². The van der Waals surface area contributed by atoms with Crippen molar-refractivity contribution in [1.82, 2.24) is 4.31 Å². The number of hydrogen-bond donors (Lipinski definition) is 0. The average Bonchev–Trinajstić information content (AvgIpc) is 2.61. The van der Waals surface area contributed by atoms with Crippen LogP contribution >= 0.6 is 0 Å². The van der Waals surface area contributed by atoms with Crippen LogP contribution < -0.4 is 4.90 Å². The van der Waals surface area contributed by atoms with Crippen LogP contribution in [-0.4, -0.2) is 44.0 Å². The SMILES string of the molecule is CCS(=O)(=O)N1CCC(C(=O)N2CCCc3cccc(F)c32)CC1. The van der Waals surface area contributed by atoms with E-state index in [4.69, 9.17) is 0 Å². The largest absolute Gasteiger partial charge is 0.309 e. The Morgan fingerprint density at radius 1 is 1.25 bits per heavy atom. The Morgan fingerprint density at radius 2 is 1.96 bits per heavy atom. The molecule has 0 saturated carbocycles. The number of nitrogens with zero attached hydrogens (tertiary/aromatic N) is 2. The summed E-state index contributed by atoms with van der Waals surface area (Å²) >= 11 is 0. The first-order chi connectivity index (χ1) is 11.4. The predicted molar refractivity (Wildman–Crippen MR) is 90.8 cm³/mol. The molecule has 2 heterocycles. The second kappa shape index (κ2) is 6.80. The van der Waals surface area contributed by atoms with Gasteiger partial charge >= 0.3 is 0 Å². The summed E-state index contributed by atoms with van der Waals surface area (Å²) in [6.45, 7) is 2.88. The van der Waals surface area contributed by atoms with Crippen molar-refractivity contribution in [1.29, 1.82) is 0 Å². The highest BCUT2D eigenvalue weighted by Gasteiger charge is 2.34. The number of rotatable bonds is 3. The number of halogens is 1. The molecular weight excluding hydrogens is 331 g/mol. The second-order valence-corrected chi connectivity index (χ2v) is 8.67. The normalized spacial score (nSPS) is 20.0. The van der Waals surface area contributed by atoms with E-state index in [0.717, 1.165) is 18.4 Å². The summed E-state index contributed by atoms with van der Waals surface area (Å²) in [7, 11) is -3.20. The summed E-state index contributed by atoms with van der Waals surface area (Å²) in [5.74, 6) is -0.587. The fraction of sp³-hybridized carbons (Fsp3) is 0.588. The first kappa shape index (κ1) is 17.4. The number of piperidine rings is 1. The van der Waals surface area contributed by atoms with Gasteiger partial charge in [0.1, 0.15) is 5.82 Å². The Morgan fingerprint density at radius 3 is 2.62 bits per heavy atom. The third kappa shape index (κ3) is 3.19. The van der Waals surface area contributed by atoms with E-state index in [2.05, 4.69) is 0 Å². The molecule has 7 heteroatoms. The maximum Gasteiger partial charge on any atom is 0.230 e. The number of para-hydroxylation sites is 1. The first-order valence-corrected chi connectivity index (χ1v) is 10.1. The minimum Gasteiger partial charge on any atom is -0.309 e. The molecule has 0 atom stereocenters. The van der Waals surface area contributed by atoms with Gasteiger partial charge in [0.2, 0.25) is 15.9 Å². The van der Waals surface area contributed by atoms with Crippen LogP contribution in [0.15, 0.2) is 18.2 Å². The van der Waals surface area contributed by atoms with Crippen LogP contribution in [0.2, 0.25) is 0 Å². The lowest BCUT2D eigenvalue weighted by Gasteiger charge is -2.36. The number of carbonyl (C=O) groups excluding carboxylic acids is 1. The van der Waals surface area contributed by atoms with E-state index in [9.17, 15) is 17.6 Å². The highest BCUT2D eigenvalue weighted by Crippen LogP contribution is 2.32. The van der Waals surface area contributed by atoms with E-state index in [0.29, 0.717) is 38.2 Å². The number of anilines is 1. The maximum atomic E-state index is 14.2. The molecule has 5 nitrogen and oxygen atoms in total. The number of amides is 1. The Bertz CT molecular complexity index is 727. The number of aryl methyl sites for hydroxylation is 1. The van der Waals surface area contributed by atoms with Crippen molar-refractivity contribution in [3.8, 4) is 0 Å². The van der Waals surface area contributed by atoms with Gasteiger partial charge in [0.25, 0.3) is 0 Å². The molecule has 0 spiro atoms. The second-order valence-electron chi connectivity index (χ2n) is 6.41. The Hall–Kier alpha value is -1.47. The number of hydrogen-bond acceptors (Lipinski definition) is 3. The third-order valence-electron chi connectivity index (χ3n) is 5.00. The monoisotopic (exact) mass is 354 g/mol. The van der Waals surface area contributed by atoms with Gasteiger partial charge in [0.15, 0.2) is 0 Å². The quantitative estimate of drug-likeness (QED) is 0.836. The topological polar surface area (TPSA) is 57.7 Å². The molecule has 1 amide bonds. The average molecular weight is 354 g/mol. The molecule has 0 N–H and O–H groups in total. The van der Waals surface area contributed by atoms with Crippen molar-refractivity contribution in [3.63, 3.8) is 0 Å². The molecule has 0 aromatic heterocycles. The van der Waals surface area contributed by atoms with Crippen molar-refractivity contribution in [2.24, 2.45) is 5.92 Å². The molecule has 3 rings (SSSR count). The molecular formula is C17H23FN2O3S. The van der Waals surface area contributed by atoms with Crippen molar-refractivity contribution >= 4 is 21.6 Å². The zero-order chi connectivity index (χ0) is 17.3. The number of benzene rings is 1. The van der Waals surface area contributed by atoms with E-state index in [1.54, 1.807) is 17.9 Å². The minimum absolute atomic E-state index is 0.0744. The van der Waals surface area contributed by atoms with Crippen molar-refractivity contribution in [3.05, 3.63) is 29.6 Å². The predicted octanol–water partition coefficient (Wildman–Crippen LogP) is 2.17. The van der Waals surface area contributed by atoms with Crippen molar-refractivity contribution < 1.29 is 17.6 Å². The number of sulfonamides is 1. The Kier molecular flexibility index (Phi) is 4.92. The zero-order valence-electron chi connectivity index (χ0n) is 13.9. The molecule has 2 aliphatic heterocycles. The minimum atomic E-state index is -3.20. The Balaban J connectivity index is 1.74. The molecule has 2 aliphatic rings. The maximum absolute atomic E-state index is 14.2. The van der Waals surface area contributed by atoms with E-state index in [1.165, 1.54) is 10.4 Å². The molecule has 0 aliphatic carbocycles. The van der Waals surface area contributed by atoms with E-state index in [1.807, 2.05) is 6.07 Å². The highest BCUT2D eigenvalue weighted by molar-refractivity contribution is 7.89. The summed E-state index contributed by atoms with van der Waals surface area (Å²) in [4.78, 5) is 14.5. The van der Waals surface area contributed by atoms with Crippen LogP contribution in [0.1, 0.15) is 31.7 Å². The summed E-state index contributed by atoms with van der Waals surface area (Å²) < 4.78 is 39.5. The lowest BCUT2D eigenvalue weighted by atomic mass is 9.94. The zero-order valence-corrected chi connectivity index (χ0v) is 14.7. The van der Waals surface area contributed by atoms with Gasteiger partial charge in [-0.3, -0.25) is 4.79 Å². The number of carbonyl (C=O) groups is 1. The summed E-state index contributed by atoms with van der Waals surface area (Å²) in [5, 5.41) is 0. The van der Waals surface area contributed by atoms with Gasteiger partial charge in [-0.05, 0) is 44.2 Å². The van der Waals surface area contributed by atoms with E-state index in [-0.39, 0.29) is 23.4 Å². The van der Waals surface area contributed by atoms with Gasteiger partial charge in [0, 0.05) is 25.6 Å². The number of fused-ring (bicyclic) bond motifs is 1. The molecule has 1 aromatic rings. The summed E-state index contributed by atoms with van der Waals surface area (Å²) in [5.41, 5.74) is 1.29. The van der Waals surface area contributed by atoms with Gasteiger partial charge in [-0.15, -0.1) is 0 Å². The fourth-order valence-corrected chi connectivity index (χ4v) is 4.74. The van der Waals surface area contributed by atoms with Gasteiger partial charge in [-0.1, -0.05) is 12.1 Å². The molecule has 1 saturated heterocycles. The van der Waals surface area contributed by atoms with Crippen LogP contribution in [0.3, 0.4) is 0 Å². The van der Waals surface area contributed by atoms with Gasteiger partial charge in [0.05, 0.1) is 11.4 Å². The van der Waals surface area contributed by atoms with Crippen LogP contribution in [0.5, 0.6) is 0 Å². The molecule has 1 aromatic carbocycles. The van der Waals surface area contributed by atoms with Gasteiger partial charge in [-0.25, -0.2) is 17.1 Å². The highest BCUT2D eigenvalue weighted by atomic mass is 32.2. The summed E-state index contributed by atoms with van der Waals surface area (Å²) in [6.07, 6.45) is 2.60. The molecule has 24 heavy (non-hydrogen) atoms. The lowest BCUT2D eigenvalue weighted by molar-refractivity contribution is -0.123. The molecule has 0 bridgehead atoms. The van der Waals surface area contributed by atoms with Crippen molar-refractivity contribution in [2.45, 2.75) is 32.6 Å². The Labute approximate surface area is 142 Å². The van der Waals surface area contributed by atoms with Crippen LogP contribution in [0, 0.1) is 11.7 Å². The standard InChI is InChI=1S/C17H23FN2O3S/c1-2-24(22,23)19-11-8-14(9-12-19)17(21)20-10-4-6-13-5-3-7-15(18)16(13)20/h3,5,7,14H,2,4,6,8-12H2,1H3. The van der Waals surface area contributed by atoms with Gasteiger partial charge in [-0.2, -0.15) is 0 Å². The molecule has 132 valence electrons. The van der Waals surface area contributed by atoms with Crippen LogP contribution in [0.25, 0.3) is 0 Å². The van der Waals surface area contributed by atoms with Gasteiger partial charge < -0.3 is 4.90 Å². The van der Waals surface area contributed by atoms with E-state index < -0.39 is 10.0 Å². The fourth-order valence-electron chi connectivity index (χ4n) is 3.61. The molecule has 0 radical (unpaired) electrons. The first-order valence-electron chi connectivity index (χ1n) is 8.50. The molecule has 1 fully saturated rings. The van der Waals surface area contributed by atoms with Crippen molar-refractivity contribution in [2.75, 3.05) is 30.3 Å². The van der Waals surface area contributed by atoms with E-state index >= 15 is 0 Å². The smallest absolute Gasteiger partial charge is 0.230 e. The summed E-state index contributed by atoms with van der Waals surface area (Å²) in [6, 6.07) is 4.94.